The molecule has 5 rings (SSSR count). The average Bonchev–Trinajstić information content (AvgIpc) is 3.18. The maximum absolute atomic E-state index is 10.2. The van der Waals surface area contributed by atoms with Gasteiger partial charge in [0.25, 0.3) is 0 Å². The highest BCUT2D eigenvalue weighted by atomic mass is 32.1. The van der Waals surface area contributed by atoms with Crippen LogP contribution < -0.4 is 5.32 Å². The second-order valence-electron chi connectivity index (χ2n) is 6.44. The molecule has 2 aliphatic rings. The zero-order chi connectivity index (χ0) is 17.5. The van der Waals surface area contributed by atoms with Crippen LogP contribution >= 0.6 is 11.3 Å². The summed E-state index contributed by atoms with van der Waals surface area (Å²) in [5, 5.41) is 14.4. The van der Waals surface area contributed by atoms with E-state index in [9.17, 15) is 5.11 Å². The maximum Gasteiger partial charge on any atom is 0.231 e. The Labute approximate surface area is 154 Å². The predicted molar refractivity (Wildman–Crippen MR) is 105 cm³/mol. The number of aromatic hydroxyl groups is 1. The van der Waals surface area contributed by atoms with Gasteiger partial charge in [-0.2, -0.15) is 4.98 Å². The molecule has 1 aliphatic carbocycles. The van der Waals surface area contributed by atoms with Crippen molar-refractivity contribution in [3.63, 3.8) is 0 Å². The third-order valence-corrected chi connectivity index (χ3v) is 5.59. The summed E-state index contributed by atoms with van der Waals surface area (Å²) in [4.78, 5) is 13.5. The summed E-state index contributed by atoms with van der Waals surface area (Å²) in [6, 6.07) is 14.7. The van der Waals surface area contributed by atoms with Crippen LogP contribution in [0.15, 0.2) is 53.7 Å². The van der Waals surface area contributed by atoms with Crippen LogP contribution in [0.25, 0.3) is 11.6 Å². The molecule has 6 heteroatoms. The summed E-state index contributed by atoms with van der Waals surface area (Å²) in [5.74, 6) is 1.28. The molecule has 1 fully saturated rings. The largest absolute Gasteiger partial charge is 0.492 e. The summed E-state index contributed by atoms with van der Waals surface area (Å²) in [6.45, 7) is 0. The first-order valence-corrected chi connectivity index (χ1v) is 9.32. The lowest BCUT2D eigenvalue weighted by atomic mass is 10.1. The van der Waals surface area contributed by atoms with E-state index < -0.39 is 0 Å². The van der Waals surface area contributed by atoms with Crippen molar-refractivity contribution in [2.45, 2.75) is 18.4 Å². The van der Waals surface area contributed by atoms with Crippen LogP contribution in [0.1, 0.15) is 28.3 Å². The Hall–Kier alpha value is -2.99. The van der Waals surface area contributed by atoms with Crippen LogP contribution in [-0.2, 0) is 0 Å². The molecule has 0 spiro atoms. The molecule has 0 amide bonds. The minimum absolute atomic E-state index is 0.0488. The number of thiazole rings is 1. The van der Waals surface area contributed by atoms with Crippen LogP contribution in [-0.4, -0.2) is 27.3 Å². The number of allylic oxidation sites excluding steroid dienone is 1. The fourth-order valence-corrected chi connectivity index (χ4v) is 4.12. The number of nitrogens with one attached hydrogen (secondary N) is 1. The Balaban J connectivity index is 1.34. The van der Waals surface area contributed by atoms with Crippen LogP contribution in [0.2, 0.25) is 0 Å². The molecule has 3 aromatic rings. The highest BCUT2D eigenvalue weighted by Gasteiger charge is 2.38. The molecule has 1 saturated carbocycles. The maximum atomic E-state index is 10.2. The number of fused-ring (bicyclic) bond motifs is 1. The van der Waals surface area contributed by atoms with Crippen molar-refractivity contribution in [1.82, 2.24) is 9.97 Å². The number of aliphatic imine (C=N–C) groups is 1. The SMILES string of the molecule is Oc1nc(N[C@@H]2C[C@H]2c2ccccc2)sc1C=C1C=Nc2ncccc21. The van der Waals surface area contributed by atoms with E-state index in [1.165, 1.54) is 16.9 Å². The van der Waals surface area contributed by atoms with E-state index in [0.717, 1.165) is 27.6 Å². The van der Waals surface area contributed by atoms with Gasteiger partial charge in [-0.05, 0) is 30.2 Å². The van der Waals surface area contributed by atoms with Gasteiger partial charge in [0.2, 0.25) is 5.88 Å². The van der Waals surface area contributed by atoms with E-state index in [4.69, 9.17) is 0 Å². The van der Waals surface area contributed by atoms with E-state index >= 15 is 0 Å². The van der Waals surface area contributed by atoms with Gasteiger partial charge < -0.3 is 10.4 Å². The normalized spacial score (nSPS) is 21.8. The van der Waals surface area contributed by atoms with E-state index in [-0.39, 0.29) is 5.88 Å². The van der Waals surface area contributed by atoms with Crippen molar-refractivity contribution in [2.24, 2.45) is 4.99 Å². The van der Waals surface area contributed by atoms with Crippen LogP contribution in [0, 0.1) is 0 Å². The van der Waals surface area contributed by atoms with Gasteiger partial charge in [0, 0.05) is 35.5 Å². The number of hydrogen-bond donors (Lipinski definition) is 2. The van der Waals surface area contributed by atoms with Gasteiger partial charge in [0.05, 0.1) is 4.88 Å². The number of aromatic nitrogens is 2. The van der Waals surface area contributed by atoms with Crippen LogP contribution in [0.4, 0.5) is 10.9 Å². The second-order valence-corrected chi connectivity index (χ2v) is 7.47. The number of rotatable bonds is 4. The molecule has 2 aromatic heterocycles. The number of nitrogens with zero attached hydrogens (tertiary/aromatic N) is 3. The van der Waals surface area contributed by atoms with Crippen molar-refractivity contribution in [1.29, 1.82) is 0 Å². The molecule has 1 aromatic carbocycles. The van der Waals surface area contributed by atoms with E-state index in [2.05, 4.69) is 44.5 Å². The Bertz CT molecular complexity index is 1030. The molecule has 128 valence electrons. The zero-order valence-electron chi connectivity index (χ0n) is 13.8. The first-order chi connectivity index (χ1) is 12.8. The number of pyridine rings is 1. The molecule has 0 bridgehead atoms. The summed E-state index contributed by atoms with van der Waals surface area (Å²) < 4.78 is 0. The quantitative estimate of drug-likeness (QED) is 0.720. The lowest BCUT2D eigenvalue weighted by Crippen LogP contribution is -2.03. The molecular weight excluding hydrogens is 344 g/mol. The smallest absolute Gasteiger partial charge is 0.231 e. The lowest BCUT2D eigenvalue weighted by molar-refractivity contribution is 0.456. The summed E-state index contributed by atoms with van der Waals surface area (Å²) in [5.41, 5.74) is 3.26. The van der Waals surface area contributed by atoms with Crippen molar-refractivity contribution in [2.75, 3.05) is 5.32 Å². The molecule has 26 heavy (non-hydrogen) atoms. The average molecular weight is 360 g/mol. The Morgan fingerprint density at radius 2 is 2.04 bits per heavy atom. The molecule has 2 N–H and O–H groups in total. The fraction of sp³-hybridized carbons (Fsp3) is 0.150. The van der Waals surface area contributed by atoms with Crippen molar-refractivity contribution >= 4 is 40.1 Å². The molecule has 2 atom stereocenters. The summed E-state index contributed by atoms with van der Waals surface area (Å²) in [6.07, 6.45) is 6.50. The monoisotopic (exact) mass is 360 g/mol. The number of anilines is 1. The van der Waals surface area contributed by atoms with Crippen molar-refractivity contribution in [3.05, 3.63) is 64.7 Å². The second kappa shape index (κ2) is 6.07. The standard InChI is InChI=1S/C20H16N4OS/c25-19-17(9-13-11-22-18-14(13)7-4-8-21-18)26-20(24-19)23-16-10-15(16)12-5-2-1-3-6-12/h1-9,11,15-16,25H,10H2,(H,23,24)/t15-,16+/m0/s1. The molecule has 0 radical (unpaired) electrons. The molecular formula is C20H16N4OS. The minimum atomic E-state index is 0.0488. The van der Waals surface area contributed by atoms with Gasteiger partial charge in [-0.25, -0.2) is 9.98 Å². The minimum Gasteiger partial charge on any atom is -0.492 e. The molecule has 0 saturated heterocycles. The third kappa shape index (κ3) is 2.78. The van der Waals surface area contributed by atoms with Crippen molar-refractivity contribution < 1.29 is 5.11 Å². The Morgan fingerprint density at radius 1 is 1.15 bits per heavy atom. The number of hydrogen-bond acceptors (Lipinski definition) is 6. The summed E-state index contributed by atoms with van der Waals surface area (Å²) >= 11 is 1.46. The Kier molecular flexibility index (Phi) is 3.57. The van der Waals surface area contributed by atoms with Crippen LogP contribution in [0.3, 0.4) is 0 Å². The topological polar surface area (TPSA) is 70.4 Å². The number of benzene rings is 1. The van der Waals surface area contributed by atoms with Gasteiger partial charge in [-0.3, -0.25) is 0 Å². The lowest BCUT2D eigenvalue weighted by Gasteiger charge is -2.01. The highest BCUT2D eigenvalue weighted by molar-refractivity contribution is 7.16. The highest BCUT2D eigenvalue weighted by Crippen LogP contribution is 2.44. The van der Waals surface area contributed by atoms with Crippen LogP contribution in [0.5, 0.6) is 5.88 Å². The van der Waals surface area contributed by atoms with E-state index in [1.54, 1.807) is 12.4 Å². The van der Waals surface area contributed by atoms with Gasteiger partial charge in [0.1, 0.15) is 0 Å². The molecule has 1 aliphatic heterocycles. The van der Waals surface area contributed by atoms with Gasteiger partial charge in [0.15, 0.2) is 10.9 Å². The van der Waals surface area contributed by atoms with E-state index in [0.29, 0.717) is 17.8 Å². The first kappa shape index (κ1) is 15.3. The molecule has 5 nitrogen and oxygen atoms in total. The Morgan fingerprint density at radius 3 is 2.92 bits per heavy atom. The molecule has 3 heterocycles. The first-order valence-electron chi connectivity index (χ1n) is 8.50. The van der Waals surface area contributed by atoms with Crippen molar-refractivity contribution in [3.8, 4) is 5.88 Å². The van der Waals surface area contributed by atoms with Gasteiger partial charge in [-0.15, -0.1) is 0 Å². The molecule has 0 unspecified atom stereocenters. The summed E-state index contributed by atoms with van der Waals surface area (Å²) in [7, 11) is 0. The van der Waals surface area contributed by atoms with E-state index in [1.807, 2.05) is 24.3 Å². The third-order valence-electron chi connectivity index (χ3n) is 4.67. The van der Waals surface area contributed by atoms with Gasteiger partial charge in [-0.1, -0.05) is 41.7 Å². The zero-order valence-corrected chi connectivity index (χ0v) is 14.6. The van der Waals surface area contributed by atoms with Gasteiger partial charge >= 0.3 is 0 Å². The predicted octanol–water partition coefficient (Wildman–Crippen LogP) is 4.47. The fourth-order valence-electron chi connectivity index (χ4n) is 3.24.